The van der Waals surface area contributed by atoms with Gasteiger partial charge in [0.05, 0.1) is 11.5 Å². The normalized spacial score (nSPS) is 19.4. The molecule has 1 saturated heterocycles. The Hall–Kier alpha value is -1.96. The Balaban J connectivity index is 1.64. The van der Waals surface area contributed by atoms with Crippen LogP contribution in [0.4, 0.5) is 4.39 Å². The van der Waals surface area contributed by atoms with Crippen LogP contribution in [0.25, 0.3) is 0 Å². The third-order valence-corrected chi connectivity index (χ3v) is 6.99. The molecule has 158 valence electrons. The molecule has 2 aromatic rings. The molecule has 2 aromatic carbocycles. The molecule has 0 radical (unpaired) electrons. The first-order valence-corrected chi connectivity index (χ1v) is 11.8. The first-order chi connectivity index (χ1) is 13.8. The Morgan fingerprint density at radius 3 is 2.38 bits per heavy atom. The van der Waals surface area contributed by atoms with Gasteiger partial charge in [-0.2, -0.15) is 0 Å². The minimum atomic E-state index is -3.03. The van der Waals surface area contributed by atoms with Crippen LogP contribution in [0.15, 0.2) is 48.5 Å². The van der Waals surface area contributed by atoms with E-state index >= 15 is 0 Å². The Morgan fingerprint density at radius 1 is 1.14 bits per heavy atom. The zero-order chi connectivity index (χ0) is 20.9. The fourth-order valence-electron chi connectivity index (χ4n) is 3.57. The molecule has 1 aliphatic heterocycles. The fourth-order valence-corrected chi connectivity index (χ4v) is 5.33. The van der Waals surface area contributed by atoms with Gasteiger partial charge in [-0.3, -0.25) is 4.90 Å². The van der Waals surface area contributed by atoms with Gasteiger partial charge in [-0.25, -0.2) is 12.8 Å². The van der Waals surface area contributed by atoms with Gasteiger partial charge < -0.3 is 9.84 Å². The lowest BCUT2D eigenvalue weighted by Crippen LogP contribution is -2.42. The number of sulfone groups is 1. The van der Waals surface area contributed by atoms with Gasteiger partial charge in [0, 0.05) is 19.1 Å². The van der Waals surface area contributed by atoms with Gasteiger partial charge in [-0.15, -0.1) is 0 Å². The molecule has 1 N–H and O–H groups in total. The minimum absolute atomic E-state index is 0.0520. The molecule has 7 heteroatoms. The highest BCUT2D eigenvalue weighted by Gasteiger charge is 2.33. The number of benzene rings is 2. The summed E-state index contributed by atoms with van der Waals surface area (Å²) in [5.74, 6) is 0.438. The average molecular weight is 422 g/mol. The predicted octanol–water partition coefficient (Wildman–Crippen LogP) is 2.82. The van der Waals surface area contributed by atoms with E-state index in [1.807, 2.05) is 4.90 Å². The van der Waals surface area contributed by atoms with Gasteiger partial charge in [0.25, 0.3) is 0 Å². The molecule has 2 atom stereocenters. The van der Waals surface area contributed by atoms with E-state index in [4.69, 9.17) is 4.74 Å². The Morgan fingerprint density at radius 2 is 1.79 bits per heavy atom. The number of nitrogens with zero attached hydrogens (tertiary/aromatic N) is 1. The summed E-state index contributed by atoms with van der Waals surface area (Å²) in [5.41, 5.74) is 2.33. The first-order valence-electron chi connectivity index (χ1n) is 9.93. The van der Waals surface area contributed by atoms with Crippen LogP contribution >= 0.6 is 0 Å². The van der Waals surface area contributed by atoms with Crippen molar-refractivity contribution in [3.63, 3.8) is 0 Å². The maximum absolute atomic E-state index is 13.0. The standard InChI is InChI=1S/C22H28FNO4S/c1-2-17-3-5-18(6-4-17)13-24(20-11-12-29(26,27)16-20)14-21(25)15-28-22-9-7-19(23)8-10-22/h3-10,20-21,25H,2,11-16H2,1H3. The number of halogens is 1. The summed E-state index contributed by atoms with van der Waals surface area (Å²) in [6.45, 7) is 3.02. The summed E-state index contributed by atoms with van der Waals surface area (Å²) in [6.07, 6.45) is 0.740. The van der Waals surface area contributed by atoms with Crippen LogP contribution in [-0.4, -0.2) is 55.2 Å². The zero-order valence-electron chi connectivity index (χ0n) is 16.6. The molecule has 29 heavy (non-hydrogen) atoms. The molecule has 0 aliphatic carbocycles. The number of rotatable bonds is 9. The Kier molecular flexibility index (Phi) is 7.27. The van der Waals surface area contributed by atoms with E-state index < -0.39 is 15.9 Å². The monoisotopic (exact) mass is 421 g/mol. The van der Waals surface area contributed by atoms with Crippen LogP contribution in [0.1, 0.15) is 24.5 Å². The molecule has 5 nitrogen and oxygen atoms in total. The third kappa shape index (κ3) is 6.52. The molecule has 0 spiro atoms. The number of aliphatic hydroxyl groups excluding tert-OH is 1. The molecular formula is C22H28FNO4S. The van der Waals surface area contributed by atoms with Crippen LogP contribution in [0.5, 0.6) is 5.75 Å². The summed E-state index contributed by atoms with van der Waals surface area (Å²) < 4.78 is 42.5. The van der Waals surface area contributed by atoms with E-state index in [0.717, 1.165) is 12.0 Å². The average Bonchev–Trinajstić information content (AvgIpc) is 3.07. The van der Waals surface area contributed by atoms with Gasteiger partial charge in [0.2, 0.25) is 0 Å². The summed E-state index contributed by atoms with van der Waals surface area (Å²) in [4.78, 5) is 2.03. The predicted molar refractivity (Wildman–Crippen MR) is 111 cm³/mol. The van der Waals surface area contributed by atoms with Crippen molar-refractivity contribution in [1.82, 2.24) is 4.90 Å². The van der Waals surface area contributed by atoms with Crippen molar-refractivity contribution in [2.75, 3.05) is 24.7 Å². The van der Waals surface area contributed by atoms with Gasteiger partial charge in [-0.1, -0.05) is 31.2 Å². The van der Waals surface area contributed by atoms with Crippen LogP contribution in [0.3, 0.4) is 0 Å². The number of aryl methyl sites for hydroxylation is 1. The van der Waals surface area contributed by atoms with Gasteiger partial charge in [-0.05, 0) is 48.2 Å². The van der Waals surface area contributed by atoms with Gasteiger partial charge in [0.15, 0.2) is 9.84 Å². The summed E-state index contributed by atoms with van der Waals surface area (Å²) in [6, 6.07) is 13.8. The maximum Gasteiger partial charge on any atom is 0.151 e. The Bertz CT molecular complexity index is 884. The first kappa shape index (κ1) is 21.7. The second kappa shape index (κ2) is 9.69. The third-order valence-electron chi connectivity index (χ3n) is 5.24. The van der Waals surface area contributed by atoms with Crippen molar-refractivity contribution in [3.05, 3.63) is 65.5 Å². The fraction of sp³-hybridized carbons (Fsp3) is 0.455. The van der Waals surface area contributed by atoms with E-state index in [0.29, 0.717) is 25.3 Å². The van der Waals surface area contributed by atoms with Crippen molar-refractivity contribution in [3.8, 4) is 5.75 Å². The maximum atomic E-state index is 13.0. The largest absolute Gasteiger partial charge is 0.491 e. The van der Waals surface area contributed by atoms with Gasteiger partial charge >= 0.3 is 0 Å². The summed E-state index contributed by atoms with van der Waals surface area (Å²) in [7, 11) is -3.03. The van der Waals surface area contributed by atoms with E-state index in [2.05, 4.69) is 31.2 Å². The number of hydrogen-bond donors (Lipinski definition) is 1. The highest BCUT2D eigenvalue weighted by Crippen LogP contribution is 2.21. The number of hydrogen-bond acceptors (Lipinski definition) is 5. The lowest BCUT2D eigenvalue weighted by atomic mass is 10.1. The van der Waals surface area contributed by atoms with Crippen molar-refractivity contribution < 1.29 is 22.7 Å². The van der Waals surface area contributed by atoms with E-state index in [1.54, 1.807) is 0 Å². The SMILES string of the molecule is CCc1ccc(CN(CC(O)COc2ccc(F)cc2)C2CCS(=O)(=O)C2)cc1. The molecule has 0 amide bonds. The van der Waals surface area contributed by atoms with E-state index in [1.165, 1.54) is 29.8 Å². The van der Waals surface area contributed by atoms with Crippen molar-refractivity contribution in [1.29, 1.82) is 0 Å². The van der Waals surface area contributed by atoms with E-state index in [9.17, 15) is 17.9 Å². The molecule has 0 aromatic heterocycles. The highest BCUT2D eigenvalue weighted by molar-refractivity contribution is 7.91. The number of aliphatic hydroxyl groups is 1. The molecule has 1 aliphatic rings. The summed E-state index contributed by atoms with van der Waals surface area (Å²) in [5, 5.41) is 10.5. The molecule has 1 heterocycles. The minimum Gasteiger partial charge on any atom is -0.491 e. The van der Waals surface area contributed by atoms with Crippen LogP contribution in [0, 0.1) is 5.82 Å². The molecule has 1 fully saturated rings. The highest BCUT2D eigenvalue weighted by atomic mass is 32.2. The van der Waals surface area contributed by atoms with Crippen LogP contribution in [-0.2, 0) is 22.8 Å². The van der Waals surface area contributed by atoms with Gasteiger partial charge in [0.1, 0.15) is 24.3 Å². The molecule has 0 saturated carbocycles. The second-order valence-electron chi connectivity index (χ2n) is 7.58. The van der Waals surface area contributed by atoms with E-state index in [-0.39, 0.29) is 30.0 Å². The smallest absolute Gasteiger partial charge is 0.151 e. The van der Waals surface area contributed by atoms with Crippen LogP contribution in [0.2, 0.25) is 0 Å². The van der Waals surface area contributed by atoms with Crippen molar-refractivity contribution in [2.24, 2.45) is 0 Å². The quantitative estimate of drug-likeness (QED) is 0.674. The molecular weight excluding hydrogens is 393 g/mol. The molecule has 3 rings (SSSR count). The van der Waals surface area contributed by atoms with Crippen LogP contribution < -0.4 is 4.74 Å². The molecule has 2 unspecified atom stereocenters. The van der Waals surface area contributed by atoms with Crippen molar-refractivity contribution in [2.45, 2.75) is 38.5 Å². The molecule has 0 bridgehead atoms. The number of ether oxygens (including phenoxy) is 1. The lowest BCUT2D eigenvalue weighted by Gasteiger charge is -2.30. The summed E-state index contributed by atoms with van der Waals surface area (Å²) >= 11 is 0. The zero-order valence-corrected chi connectivity index (χ0v) is 17.4. The Labute approximate surface area is 172 Å². The second-order valence-corrected chi connectivity index (χ2v) is 9.80. The van der Waals surface area contributed by atoms with Crippen molar-refractivity contribution >= 4 is 9.84 Å². The topological polar surface area (TPSA) is 66.8 Å². The lowest BCUT2D eigenvalue weighted by molar-refractivity contribution is 0.0524.